The summed E-state index contributed by atoms with van der Waals surface area (Å²) in [7, 11) is 0. The highest BCUT2D eigenvalue weighted by atomic mass is 32.1. The first-order valence-electron chi connectivity index (χ1n) is 6.80. The third-order valence-electron chi connectivity index (χ3n) is 3.07. The van der Waals surface area contributed by atoms with E-state index in [1.807, 2.05) is 42.1 Å². The average molecular weight is 317 g/mol. The van der Waals surface area contributed by atoms with Crippen molar-refractivity contribution in [1.29, 1.82) is 0 Å². The van der Waals surface area contributed by atoms with E-state index in [0.29, 0.717) is 18.9 Å². The lowest BCUT2D eigenvalue weighted by atomic mass is 10.4. The molecule has 3 rings (SSSR count). The summed E-state index contributed by atoms with van der Waals surface area (Å²) in [6.45, 7) is 4.95. The number of carbonyl (C=O) groups is 1. The molecule has 8 heteroatoms. The number of thiophene rings is 1. The van der Waals surface area contributed by atoms with Crippen molar-refractivity contribution in [3.8, 4) is 10.7 Å². The summed E-state index contributed by atoms with van der Waals surface area (Å²) in [4.78, 5) is 16.9. The summed E-state index contributed by atoms with van der Waals surface area (Å²) in [5, 5.41) is 12.8. The Morgan fingerprint density at radius 2 is 2.32 bits per heavy atom. The minimum Gasteiger partial charge on any atom is -0.346 e. The Morgan fingerprint density at radius 3 is 3.00 bits per heavy atom. The van der Waals surface area contributed by atoms with Gasteiger partial charge in [0, 0.05) is 12.2 Å². The fraction of sp³-hybridized carbons (Fsp3) is 0.286. The second kappa shape index (κ2) is 6.10. The van der Waals surface area contributed by atoms with E-state index in [9.17, 15) is 4.79 Å². The van der Waals surface area contributed by atoms with Crippen LogP contribution in [0, 0.1) is 13.8 Å². The van der Waals surface area contributed by atoms with Crippen LogP contribution in [0.1, 0.15) is 22.1 Å². The lowest BCUT2D eigenvalue weighted by Crippen LogP contribution is -2.28. The van der Waals surface area contributed by atoms with Crippen LogP contribution in [-0.4, -0.2) is 32.4 Å². The van der Waals surface area contributed by atoms with E-state index in [-0.39, 0.29) is 11.8 Å². The van der Waals surface area contributed by atoms with Crippen LogP contribution >= 0.6 is 11.3 Å². The standard InChI is InChI=1S/C14H15N5O2S/c1-9-8-10(2)19(17-9)6-5-15-13(20)14-16-12(18-21-14)11-4-3-7-22-11/h3-4,7-8H,5-6H2,1-2H3,(H,15,20). The van der Waals surface area contributed by atoms with E-state index < -0.39 is 0 Å². The molecule has 1 amide bonds. The summed E-state index contributed by atoms with van der Waals surface area (Å²) in [5.41, 5.74) is 2.02. The zero-order chi connectivity index (χ0) is 15.5. The molecule has 0 saturated heterocycles. The molecule has 7 nitrogen and oxygen atoms in total. The Balaban J connectivity index is 1.57. The van der Waals surface area contributed by atoms with Crippen LogP contribution in [-0.2, 0) is 6.54 Å². The monoisotopic (exact) mass is 317 g/mol. The van der Waals surface area contributed by atoms with Crippen LogP contribution in [0.4, 0.5) is 0 Å². The fourth-order valence-electron chi connectivity index (χ4n) is 2.07. The fourth-order valence-corrected chi connectivity index (χ4v) is 2.72. The number of hydrogen-bond acceptors (Lipinski definition) is 6. The summed E-state index contributed by atoms with van der Waals surface area (Å²) in [6, 6.07) is 5.76. The predicted molar refractivity (Wildman–Crippen MR) is 81.6 cm³/mol. The Labute approximate surface area is 131 Å². The van der Waals surface area contributed by atoms with Crippen molar-refractivity contribution in [2.24, 2.45) is 0 Å². The van der Waals surface area contributed by atoms with Crippen LogP contribution in [0.2, 0.25) is 0 Å². The average Bonchev–Trinajstić information content (AvgIpc) is 3.19. The summed E-state index contributed by atoms with van der Waals surface area (Å²) in [6.07, 6.45) is 0. The van der Waals surface area contributed by atoms with Crippen molar-refractivity contribution < 1.29 is 9.32 Å². The molecule has 0 atom stereocenters. The first-order valence-corrected chi connectivity index (χ1v) is 7.68. The van der Waals surface area contributed by atoms with Gasteiger partial charge in [0.05, 0.1) is 17.1 Å². The molecule has 114 valence electrons. The first kappa shape index (κ1) is 14.5. The number of amides is 1. The Morgan fingerprint density at radius 1 is 1.45 bits per heavy atom. The number of aromatic nitrogens is 4. The minimum absolute atomic E-state index is 0.0308. The van der Waals surface area contributed by atoms with Crippen molar-refractivity contribution >= 4 is 17.2 Å². The van der Waals surface area contributed by atoms with Crippen LogP contribution in [0.15, 0.2) is 28.1 Å². The molecule has 0 bridgehead atoms. The van der Waals surface area contributed by atoms with Gasteiger partial charge in [-0.25, -0.2) is 0 Å². The number of rotatable bonds is 5. The third-order valence-corrected chi connectivity index (χ3v) is 3.94. The molecule has 0 spiro atoms. The van der Waals surface area contributed by atoms with Gasteiger partial charge in [0.25, 0.3) is 0 Å². The molecule has 0 aliphatic heterocycles. The SMILES string of the molecule is Cc1cc(C)n(CCNC(=O)c2nc(-c3cccs3)no2)n1. The van der Waals surface area contributed by atoms with Gasteiger partial charge >= 0.3 is 11.8 Å². The molecular weight excluding hydrogens is 302 g/mol. The summed E-state index contributed by atoms with van der Waals surface area (Å²) >= 11 is 1.49. The van der Waals surface area contributed by atoms with Gasteiger partial charge in [0.1, 0.15) is 0 Å². The van der Waals surface area contributed by atoms with Crippen LogP contribution < -0.4 is 5.32 Å². The maximum absolute atomic E-state index is 12.0. The van der Waals surface area contributed by atoms with Gasteiger partial charge in [0.2, 0.25) is 5.82 Å². The topological polar surface area (TPSA) is 85.8 Å². The van der Waals surface area contributed by atoms with Gasteiger partial charge in [-0.1, -0.05) is 11.2 Å². The van der Waals surface area contributed by atoms with Crippen molar-refractivity contribution in [3.05, 3.63) is 40.9 Å². The second-order valence-corrected chi connectivity index (χ2v) is 5.75. The molecule has 0 unspecified atom stereocenters. The minimum atomic E-state index is -0.378. The molecule has 3 heterocycles. The zero-order valence-corrected chi connectivity index (χ0v) is 13.1. The largest absolute Gasteiger partial charge is 0.346 e. The van der Waals surface area contributed by atoms with Gasteiger partial charge in [-0.05, 0) is 31.4 Å². The highest BCUT2D eigenvalue weighted by molar-refractivity contribution is 7.13. The molecule has 0 aromatic carbocycles. The van der Waals surface area contributed by atoms with Crippen molar-refractivity contribution in [3.63, 3.8) is 0 Å². The van der Waals surface area contributed by atoms with E-state index in [2.05, 4.69) is 20.6 Å². The summed E-state index contributed by atoms with van der Waals surface area (Å²) < 4.78 is 6.84. The molecule has 0 fully saturated rings. The van der Waals surface area contributed by atoms with Crippen LogP contribution in [0.5, 0.6) is 0 Å². The Kier molecular flexibility index (Phi) is 4.01. The molecule has 22 heavy (non-hydrogen) atoms. The van der Waals surface area contributed by atoms with E-state index in [4.69, 9.17) is 4.52 Å². The Hall–Kier alpha value is -2.48. The first-order chi connectivity index (χ1) is 10.6. The zero-order valence-electron chi connectivity index (χ0n) is 12.2. The Bertz CT molecular complexity index is 775. The molecule has 0 aliphatic rings. The van der Waals surface area contributed by atoms with Gasteiger partial charge in [-0.3, -0.25) is 9.48 Å². The van der Waals surface area contributed by atoms with Gasteiger partial charge in [-0.2, -0.15) is 10.1 Å². The van der Waals surface area contributed by atoms with Gasteiger partial charge in [0.15, 0.2) is 0 Å². The summed E-state index contributed by atoms with van der Waals surface area (Å²) in [5.74, 6) is 0.0206. The number of hydrogen-bond donors (Lipinski definition) is 1. The smallest absolute Gasteiger partial charge is 0.316 e. The lowest BCUT2D eigenvalue weighted by Gasteiger charge is -2.04. The molecule has 0 saturated carbocycles. The number of aryl methyl sites for hydroxylation is 2. The van der Waals surface area contributed by atoms with Gasteiger partial charge < -0.3 is 9.84 Å². The molecule has 0 aliphatic carbocycles. The van der Waals surface area contributed by atoms with Crippen molar-refractivity contribution in [2.75, 3.05) is 6.54 Å². The molecule has 3 aromatic heterocycles. The van der Waals surface area contributed by atoms with Crippen molar-refractivity contribution in [1.82, 2.24) is 25.2 Å². The molecular formula is C14H15N5O2S. The lowest BCUT2D eigenvalue weighted by molar-refractivity contribution is 0.0908. The molecule has 3 aromatic rings. The van der Waals surface area contributed by atoms with E-state index >= 15 is 0 Å². The highest BCUT2D eigenvalue weighted by Gasteiger charge is 2.16. The second-order valence-electron chi connectivity index (χ2n) is 4.81. The van der Waals surface area contributed by atoms with Gasteiger partial charge in [-0.15, -0.1) is 11.3 Å². The molecule has 1 N–H and O–H groups in total. The van der Waals surface area contributed by atoms with Crippen molar-refractivity contribution in [2.45, 2.75) is 20.4 Å². The highest BCUT2D eigenvalue weighted by Crippen LogP contribution is 2.21. The van der Waals surface area contributed by atoms with Crippen LogP contribution in [0.3, 0.4) is 0 Å². The number of nitrogens with zero attached hydrogens (tertiary/aromatic N) is 4. The van der Waals surface area contributed by atoms with E-state index in [1.54, 1.807) is 0 Å². The van der Waals surface area contributed by atoms with Crippen LogP contribution in [0.25, 0.3) is 10.7 Å². The number of carbonyl (C=O) groups excluding carboxylic acids is 1. The predicted octanol–water partition coefficient (Wildman–Crippen LogP) is 2.04. The van der Waals surface area contributed by atoms with E-state index in [1.165, 1.54) is 11.3 Å². The third kappa shape index (κ3) is 3.06. The maximum Gasteiger partial charge on any atom is 0.316 e. The van der Waals surface area contributed by atoms with E-state index in [0.717, 1.165) is 16.3 Å². The quantitative estimate of drug-likeness (QED) is 0.778. The number of nitrogens with one attached hydrogen (secondary N) is 1. The molecule has 0 radical (unpaired) electrons. The normalized spacial score (nSPS) is 10.8. The maximum atomic E-state index is 12.0.